The zero-order valence-electron chi connectivity index (χ0n) is 24.6. The quantitative estimate of drug-likeness (QED) is 0.162. The SMILES string of the molecule is CN(CC1=CC=c2ccccc2=CC1)c1cc2ccccc2cc1N=CCCCc1ccc(OC(C)(C)C(=O)O)cc1. The van der Waals surface area contributed by atoms with Crippen LogP contribution in [0.15, 0.2) is 102 Å². The number of nitrogens with zero attached hydrogens (tertiary/aromatic N) is 2. The lowest BCUT2D eigenvalue weighted by molar-refractivity contribution is -0.152. The molecule has 0 spiro atoms. The summed E-state index contributed by atoms with van der Waals surface area (Å²) < 4.78 is 5.61. The summed E-state index contributed by atoms with van der Waals surface area (Å²) in [6, 6.07) is 29.1. The van der Waals surface area contributed by atoms with E-state index in [-0.39, 0.29) is 0 Å². The predicted octanol–water partition coefficient (Wildman–Crippen LogP) is 6.83. The first kappa shape index (κ1) is 28.9. The number of carboxylic acid groups (broad SMARTS) is 1. The second kappa shape index (κ2) is 12.9. The van der Waals surface area contributed by atoms with Crippen LogP contribution in [0.25, 0.3) is 22.9 Å². The summed E-state index contributed by atoms with van der Waals surface area (Å²) in [7, 11) is 2.15. The maximum atomic E-state index is 11.3. The molecule has 0 saturated heterocycles. The van der Waals surface area contributed by atoms with Crippen LogP contribution in [0.5, 0.6) is 5.75 Å². The number of benzene rings is 4. The monoisotopic (exact) mass is 558 g/mol. The Balaban J connectivity index is 1.25. The van der Waals surface area contributed by atoms with Crippen LogP contribution in [0.3, 0.4) is 0 Å². The molecule has 0 unspecified atom stereocenters. The number of anilines is 1. The van der Waals surface area contributed by atoms with E-state index in [1.807, 2.05) is 30.5 Å². The zero-order chi connectivity index (χ0) is 29.5. The van der Waals surface area contributed by atoms with Crippen molar-refractivity contribution in [2.45, 2.75) is 45.1 Å². The van der Waals surface area contributed by atoms with Crippen molar-refractivity contribution in [1.29, 1.82) is 0 Å². The second-order valence-electron chi connectivity index (χ2n) is 11.3. The standard InChI is InChI=1S/C37H38N2O3/c1-37(2,36(40)41)42-33-21-17-27(18-22-33)10-8-9-23-38-34-24-31-13-6-7-14-32(31)25-35(34)39(3)26-28-15-19-29-11-4-5-12-30(29)20-16-28/h4-7,11-15,17-25H,8-10,16,26H2,1-3H3,(H,40,41). The number of fused-ring (bicyclic) bond motifs is 2. The molecule has 4 aromatic carbocycles. The van der Waals surface area contributed by atoms with Crippen LogP contribution in [0, 0.1) is 0 Å². The first-order chi connectivity index (χ1) is 20.3. The third kappa shape index (κ3) is 7.16. The molecule has 0 bridgehead atoms. The summed E-state index contributed by atoms with van der Waals surface area (Å²) >= 11 is 0. The number of allylic oxidation sites excluding steroid dienone is 1. The Morgan fingerprint density at radius 1 is 0.952 bits per heavy atom. The van der Waals surface area contributed by atoms with Crippen LogP contribution in [0.2, 0.25) is 0 Å². The van der Waals surface area contributed by atoms with Gasteiger partial charge in [0.15, 0.2) is 5.60 Å². The highest BCUT2D eigenvalue weighted by Gasteiger charge is 2.29. The van der Waals surface area contributed by atoms with Gasteiger partial charge in [-0.2, -0.15) is 0 Å². The molecule has 214 valence electrons. The molecule has 0 aliphatic heterocycles. The van der Waals surface area contributed by atoms with Crippen LogP contribution in [-0.2, 0) is 11.2 Å². The summed E-state index contributed by atoms with van der Waals surface area (Å²) in [4.78, 5) is 18.6. The van der Waals surface area contributed by atoms with E-state index in [0.29, 0.717) is 5.75 Å². The van der Waals surface area contributed by atoms with Crippen molar-refractivity contribution in [2.75, 3.05) is 18.5 Å². The molecule has 0 amide bonds. The van der Waals surface area contributed by atoms with Gasteiger partial charge in [-0.3, -0.25) is 4.99 Å². The summed E-state index contributed by atoms with van der Waals surface area (Å²) in [6.07, 6.45) is 12.5. The Hall–Kier alpha value is -4.64. The van der Waals surface area contributed by atoms with Crippen LogP contribution in [-0.4, -0.2) is 36.5 Å². The van der Waals surface area contributed by atoms with E-state index in [9.17, 15) is 9.90 Å². The number of unbranched alkanes of at least 4 members (excludes halogenated alkanes) is 1. The summed E-state index contributed by atoms with van der Waals surface area (Å²) in [5, 5.41) is 14.2. The molecule has 42 heavy (non-hydrogen) atoms. The van der Waals surface area contributed by atoms with Gasteiger partial charge < -0.3 is 14.7 Å². The van der Waals surface area contributed by atoms with Gasteiger partial charge in [-0.05, 0) is 96.1 Å². The Morgan fingerprint density at radius 3 is 2.38 bits per heavy atom. The molecule has 0 atom stereocenters. The van der Waals surface area contributed by atoms with Crippen molar-refractivity contribution in [1.82, 2.24) is 0 Å². The van der Waals surface area contributed by atoms with E-state index >= 15 is 0 Å². The molecule has 0 aromatic heterocycles. The highest BCUT2D eigenvalue weighted by molar-refractivity contribution is 5.92. The molecular formula is C37H38N2O3. The molecule has 1 aliphatic rings. The second-order valence-corrected chi connectivity index (χ2v) is 11.3. The van der Waals surface area contributed by atoms with Crippen LogP contribution >= 0.6 is 0 Å². The molecule has 5 rings (SSSR count). The van der Waals surface area contributed by atoms with Gasteiger partial charge in [-0.15, -0.1) is 0 Å². The highest BCUT2D eigenvalue weighted by Crippen LogP contribution is 2.33. The van der Waals surface area contributed by atoms with Gasteiger partial charge >= 0.3 is 5.97 Å². The molecule has 0 fully saturated rings. The van der Waals surface area contributed by atoms with Gasteiger partial charge in [0.1, 0.15) is 5.75 Å². The van der Waals surface area contributed by atoms with Crippen molar-refractivity contribution in [3.8, 4) is 5.75 Å². The largest absolute Gasteiger partial charge is 0.478 e. The van der Waals surface area contributed by atoms with Gasteiger partial charge in [-0.1, -0.05) is 78.9 Å². The molecule has 1 aliphatic carbocycles. The number of aliphatic carboxylic acids is 1. The first-order valence-electron chi connectivity index (χ1n) is 14.5. The number of aryl methyl sites for hydroxylation is 1. The van der Waals surface area contributed by atoms with Crippen molar-refractivity contribution in [3.63, 3.8) is 0 Å². The molecule has 5 nitrogen and oxygen atoms in total. The maximum Gasteiger partial charge on any atom is 0.347 e. The lowest BCUT2D eigenvalue weighted by Crippen LogP contribution is -2.37. The van der Waals surface area contributed by atoms with Gasteiger partial charge in [-0.25, -0.2) is 4.79 Å². The number of ether oxygens (including phenoxy) is 1. The van der Waals surface area contributed by atoms with Gasteiger partial charge in [0.2, 0.25) is 0 Å². The highest BCUT2D eigenvalue weighted by atomic mass is 16.5. The zero-order valence-corrected chi connectivity index (χ0v) is 24.6. The topological polar surface area (TPSA) is 62.1 Å². The number of hydrogen-bond donors (Lipinski definition) is 1. The van der Waals surface area contributed by atoms with E-state index in [4.69, 9.17) is 9.73 Å². The minimum Gasteiger partial charge on any atom is -0.478 e. The minimum atomic E-state index is -1.26. The number of carboxylic acids is 1. The normalized spacial score (nSPS) is 13.1. The average molecular weight is 559 g/mol. The van der Waals surface area contributed by atoms with Crippen molar-refractivity contribution in [2.24, 2.45) is 4.99 Å². The molecule has 0 heterocycles. The number of aliphatic imine (C=N–C) groups is 1. The molecule has 1 N–H and O–H groups in total. The summed E-state index contributed by atoms with van der Waals surface area (Å²) in [5.74, 6) is -0.434. The Kier molecular flexibility index (Phi) is 8.87. The van der Waals surface area contributed by atoms with Crippen LogP contribution in [0.4, 0.5) is 11.4 Å². The van der Waals surface area contributed by atoms with E-state index in [2.05, 4.69) is 90.8 Å². The third-order valence-electron chi connectivity index (χ3n) is 7.61. The molecule has 4 aromatic rings. The van der Waals surface area contributed by atoms with Crippen molar-refractivity contribution >= 4 is 46.5 Å². The molecule has 5 heteroatoms. The van der Waals surface area contributed by atoms with Gasteiger partial charge in [0, 0.05) is 19.8 Å². The Labute approximate surface area is 247 Å². The van der Waals surface area contributed by atoms with E-state index in [0.717, 1.165) is 43.6 Å². The lowest BCUT2D eigenvalue weighted by Gasteiger charge is -2.23. The van der Waals surface area contributed by atoms with Crippen LogP contribution < -0.4 is 20.1 Å². The van der Waals surface area contributed by atoms with E-state index in [1.54, 1.807) is 13.8 Å². The lowest BCUT2D eigenvalue weighted by atomic mass is 10.1. The molecule has 0 radical (unpaired) electrons. The van der Waals surface area contributed by atoms with Gasteiger partial charge in [0.25, 0.3) is 0 Å². The first-order valence-corrected chi connectivity index (χ1v) is 14.5. The maximum absolute atomic E-state index is 11.3. The summed E-state index contributed by atoms with van der Waals surface area (Å²) in [5.41, 5.74) is 3.38. The van der Waals surface area contributed by atoms with Crippen molar-refractivity contribution < 1.29 is 14.6 Å². The third-order valence-corrected chi connectivity index (χ3v) is 7.61. The Morgan fingerprint density at radius 2 is 1.64 bits per heavy atom. The number of rotatable bonds is 11. The van der Waals surface area contributed by atoms with Crippen LogP contribution in [0.1, 0.15) is 38.7 Å². The average Bonchev–Trinajstić information content (AvgIpc) is 3.19. The van der Waals surface area contributed by atoms with E-state index < -0.39 is 11.6 Å². The molecule has 0 saturated carbocycles. The fraction of sp³-hybridized carbons (Fsp3) is 0.243. The van der Waals surface area contributed by atoms with Crippen molar-refractivity contribution in [3.05, 3.63) is 113 Å². The fourth-order valence-corrected chi connectivity index (χ4v) is 5.12. The van der Waals surface area contributed by atoms with E-state index in [1.165, 1.54) is 32.3 Å². The minimum absolute atomic E-state index is 0.556. The molecular weight excluding hydrogens is 520 g/mol. The number of hydrogen-bond acceptors (Lipinski definition) is 4. The predicted molar refractivity (Wildman–Crippen MR) is 174 cm³/mol. The fourth-order valence-electron chi connectivity index (χ4n) is 5.12. The number of carbonyl (C=O) groups is 1. The number of likely N-dealkylation sites (N-methyl/N-ethyl adjacent to an activating group) is 1. The summed E-state index contributed by atoms with van der Waals surface area (Å²) in [6.45, 7) is 3.92. The smallest absolute Gasteiger partial charge is 0.347 e. The Bertz CT molecular complexity index is 1750. The van der Waals surface area contributed by atoms with Gasteiger partial charge in [0.05, 0.1) is 11.4 Å².